The summed E-state index contributed by atoms with van der Waals surface area (Å²) < 4.78 is 40.4. The molecule has 0 saturated carbocycles. The fourth-order valence-corrected chi connectivity index (χ4v) is 3.43. The van der Waals surface area contributed by atoms with Gasteiger partial charge in [-0.15, -0.1) is 11.3 Å². The molecule has 1 aromatic heterocycles. The van der Waals surface area contributed by atoms with Crippen LogP contribution in [0.3, 0.4) is 0 Å². The molecule has 94 valence electrons. The lowest BCUT2D eigenvalue weighted by Crippen LogP contribution is -2.03. The zero-order chi connectivity index (χ0) is 12.9. The Hall–Kier alpha value is -1.56. The van der Waals surface area contributed by atoms with Gasteiger partial charge in [-0.1, -0.05) is 0 Å². The van der Waals surface area contributed by atoms with Crippen LogP contribution in [0.5, 0.6) is 0 Å². The lowest BCUT2D eigenvalue weighted by Gasteiger charge is -2.12. The molecule has 2 N–H and O–H groups in total. The Labute approximate surface area is 105 Å². The van der Waals surface area contributed by atoms with E-state index in [0.29, 0.717) is 30.1 Å². The number of hydrogen-bond acceptors (Lipinski definition) is 3. The van der Waals surface area contributed by atoms with Crippen molar-refractivity contribution >= 4 is 16.5 Å². The SMILES string of the molecule is Nc1nc2c(s1)C(c1c(F)cc(F)cc1F)CC2. The van der Waals surface area contributed by atoms with Crippen LogP contribution in [0.25, 0.3) is 0 Å². The van der Waals surface area contributed by atoms with Gasteiger partial charge in [-0.3, -0.25) is 0 Å². The zero-order valence-corrected chi connectivity index (χ0v) is 10.0. The number of aryl methyl sites for hydroxylation is 1. The summed E-state index contributed by atoms with van der Waals surface area (Å²) in [5, 5.41) is 0.396. The van der Waals surface area contributed by atoms with E-state index in [0.717, 1.165) is 10.6 Å². The van der Waals surface area contributed by atoms with Crippen molar-refractivity contribution in [2.24, 2.45) is 0 Å². The van der Waals surface area contributed by atoms with Crippen LogP contribution >= 0.6 is 11.3 Å². The number of nitrogens with zero attached hydrogens (tertiary/aromatic N) is 1. The Kier molecular flexibility index (Phi) is 2.55. The van der Waals surface area contributed by atoms with Crippen LogP contribution in [-0.2, 0) is 6.42 Å². The number of halogens is 3. The van der Waals surface area contributed by atoms with Gasteiger partial charge in [0.15, 0.2) is 5.13 Å². The zero-order valence-electron chi connectivity index (χ0n) is 9.21. The molecule has 0 radical (unpaired) electrons. The molecule has 3 rings (SSSR count). The summed E-state index contributed by atoms with van der Waals surface area (Å²) in [4.78, 5) is 4.91. The molecular formula is C12H9F3N2S. The topological polar surface area (TPSA) is 38.9 Å². The van der Waals surface area contributed by atoms with Gasteiger partial charge in [-0.2, -0.15) is 0 Å². The van der Waals surface area contributed by atoms with Crippen LogP contribution in [0.4, 0.5) is 18.3 Å². The van der Waals surface area contributed by atoms with Gasteiger partial charge in [0.05, 0.1) is 5.69 Å². The molecular weight excluding hydrogens is 261 g/mol. The quantitative estimate of drug-likeness (QED) is 0.864. The Morgan fingerprint density at radius 1 is 1.22 bits per heavy atom. The highest BCUT2D eigenvalue weighted by atomic mass is 32.1. The van der Waals surface area contributed by atoms with Crippen LogP contribution < -0.4 is 5.73 Å². The Balaban J connectivity index is 2.12. The highest BCUT2D eigenvalue weighted by Gasteiger charge is 2.32. The van der Waals surface area contributed by atoms with Crippen LogP contribution in [0.2, 0.25) is 0 Å². The highest BCUT2D eigenvalue weighted by Crippen LogP contribution is 2.43. The van der Waals surface area contributed by atoms with Crippen molar-refractivity contribution in [3.05, 3.63) is 45.7 Å². The number of hydrogen-bond donors (Lipinski definition) is 1. The second-order valence-electron chi connectivity index (χ2n) is 4.24. The monoisotopic (exact) mass is 270 g/mol. The molecule has 1 aliphatic rings. The number of anilines is 1. The first kappa shape index (κ1) is 11.5. The van der Waals surface area contributed by atoms with E-state index in [2.05, 4.69) is 4.98 Å². The molecule has 1 unspecified atom stereocenters. The van der Waals surface area contributed by atoms with E-state index in [4.69, 9.17) is 5.73 Å². The third kappa shape index (κ3) is 1.68. The summed E-state index contributed by atoms with van der Waals surface area (Å²) in [7, 11) is 0. The van der Waals surface area contributed by atoms with Gasteiger partial charge < -0.3 is 5.73 Å². The Morgan fingerprint density at radius 2 is 1.89 bits per heavy atom. The molecule has 2 nitrogen and oxygen atoms in total. The van der Waals surface area contributed by atoms with Crippen LogP contribution in [-0.4, -0.2) is 4.98 Å². The smallest absolute Gasteiger partial charge is 0.180 e. The van der Waals surface area contributed by atoms with Gasteiger partial charge in [0.2, 0.25) is 0 Å². The van der Waals surface area contributed by atoms with E-state index in [9.17, 15) is 13.2 Å². The molecule has 0 bridgehead atoms. The lowest BCUT2D eigenvalue weighted by atomic mass is 9.97. The molecule has 6 heteroatoms. The summed E-state index contributed by atoms with van der Waals surface area (Å²) in [5.74, 6) is -3.01. The minimum atomic E-state index is -0.907. The van der Waals surface area contributed by atoms with Gasteiger partial charge in [-0.05, 0) is 12.8 Å². The number of thiazole rings is 1. The fraction of sp³-hybridized carbons (Fsp3) is 0.250. The third-order valence-electron chi connectivity index (χ3n) is 3.12. The van der Waals surface area contributed by atoms with E-state index >= 15 is 0 Å². The summed E-state index contributed by atoms with van der Waals surface area (Å²) in [6, 6.07) is 1.42. The fourth-order valence-electron chi connectivity index (χ4n) is 2.41. The van der Waals surface area contributed by atoms with E-state index in [1.807, 2.05) is 0 Å². The highest BCUT2D eigenvalue weighted by molar-refractivity contribution is 7.15. The van der Waals surface area contributed by atoms with Gasteiger partial charge in [0, 0.05) is 28.5 Å². The first-order valence-corrected chi connectivity index (χ1v) is 6.27. The van der Waals surface area contributed by atoms with E-state index in [1.165, 1.54) is 11.3 Å². The molecule has 0 fully saturated rings. The van der Waals surface area contributed by atoms with Crippen LogP contribution in [0.1, 0.15) is 28.5 Å². The van der Waals surface area contributed by atoms with Gasteiger partial charge >= 0.3 is 0 Å². The van der Waals surface area contributed by atoms with Gasteiger partial charge in [0.1, 0.15) is 17.5 Å². The van der Waals surface area contributed by atoms with Crippen LogP contribution in [0.15, 0.2) is 12.1 Å². The number of nitrogen functional groups attached to an aromatic ring is 1. The maximum Gasteiger partial charge on any atom is 0.180 e. The van der Waals surface area contributed by atoms with Crippen molar-refractivity contribution < 1.29 is 13.2 Å². The van der Waals surface area contributed by atoms with E-state index in [1.54, 1.807) is 0 Å². The van der Waals surface area contributed by atoms with E-state index < -0.39 is 23.4 Å². The average Bonchev–Trinajstić information content (AvgIpc) is 2.77. The maximum atomic E-state index is 13.7. The minimum Gasteiger partial charge on any atom is -0.375 e. The summed E-state index contributed by atoms with van der Waals surface area (Å²) >= 11 is 1.24. The van der Waals surface area contributed by atoms with Crippen molar-refractivity contribution in [3.63, 3.8) is 0 Å². The lowest BCUT2D eigenvalue weighted by molar-refractivity contribution is 0.513. The molecule has 2 aromatic rings. The summed E-state index contributed by atoms with van der Waals surface area (Å²) in [5.41, 5.74) is 6.30. The second-order valence-corrected chi connectivity index (χ2v) is 5.30. The normalized spacial score (nSPS) is 18.1. The molecule has 1 aromatic carbocycles. The third-order valence-corrected chi connectivity index (χ3v) is 4.16. The Morgan fingerprint density at radius 3 is 2.56 bits per heavy atom. The average molecular weight is 270 g/mol. The number of benzene rings is 1. The molecule has 1 heterocycles. The minimum absolute atomic E-state index is 0.0844. The molecule has 0 spiro atoms. The number of fused-ring (bicyclic) bond motifs is 1. The molecule has 18 heavy (non-hydrogen) atoms. The summed E-state index contributed by atoms with van der Waals surface area (Å²) in [6.07, 6.45) is 1.22. The van der Waals surface area contributed by atoms with Crippen molar-refractivity contribution in [2.45, 2.75) is 18.8 Å². The van der Waals surface area contributed by atoms with Crippen LogP contribution in [0, 0.1) is 17.5 Å². The van der Waals surface area contributed by atoms with E-state index in [-0.39, 0.29) is 5.56 Å². The molecule has 1 atom stereocenters. The first-order chi connectivity index (χ1) is 8.56. The Bertz CT molecular complexity index is 601. The largest absolute Gasteiger partial charge is 0.375 e. The van der Waals surface area contributed by atoms with Gasteiger partial charge in [0.25, 0.3) is 0 Å². The predicted octanol–water partition coefficient (Wildman–Crippen LogP) is 3.22. The van der Waals surface area contributed by atoms with Crippen molar-refractivity contribution in [3.8, 4) is 0 Å². The maximum absolute atomic E-state index is 13.7. The molecule has 0 amide bonds. The predicted molar refractivity (Wildman–Crippen MR) is 63.0 cm³/mol. The van der Waals surface area contributed by atoms with Crippen molar-refractivity contribution in [1.29, 1.82) is 0 Å². The van der Waals surface area contributed by atoms with Crippen molar-refractivity contribution in [2.75, 3.05) is 5.73 Å². The number of aromatic nitrogens is 1. The number of rotatable bonds is 1. The van der Waals surface area contributed by atoms with Gasteiger partial charge in [-0.25, -0.2) is 18.2 Å². The number of nitrogens with two attached hydrogens (primary N) is 1. The molecule has 1 aliphatic carbocycles. The van der Waals surface area contributed by atoms with Crippen molar-refractivity contribution in [1.82, 2.24) is 4.98 Å². The summed E-state index contributed by atoms with van der Waals surface area (Å²) in [6.45, 7) is 0. The standard InChI is InChI=1S/C12H9F3N2S/c13-5-3-7(14)10(8(15)4-5)6-1-2-9-11(6)18-12(16)17-9/h3-4,6H,1-2H2,(H2,16,17). The second kappa shape index (κ2) is 3.98. The first-order valence-electron chi connectivity index (χ1n) is 5.45. The molecule has 0 saturated heterocycles. The molecule has 0 aliphatic heterocycles.